The van der Waals surface area contributed by atoms with Gasteiger partial charge in [-0.1, -0.05) is 0 Å². The number of aromatic nitrogens is 1. The molecule has 2 atom stereocenters. The van der Waals surface area contributed by atoms with E-state index in [0.717, 1.165) is 29.8 Å². The Morgan fingerprint density at radius 1 is 1.26 bits per heavy atom. The van der Waals surface area contributed by atoms with E-state index in [9.17, 15) is 4.79 Å². The Kier molecular flexibility index (Phi) is 6.73. The summed E-state index contributed by atoms with van der Waals surface area (Å²) in [6.45, 7) is 2.63. The molecule has 2 unspecified atom stereocenters. The maximum Gasteiger partial charge on any atom is 0.226 e. The third kappa shape index (κ3) is 5.00. The van der Waals surface area contributed by atoms with Crippen molar-refractivity contribution in [1.82, 2.24) is 10.3 Å². The van der Waals surface area contributed by atoms with Crippen molar-refractivity contribution in [3.05, 3.63) is 29.6 Å². The number of carbonyl (C=O) groups is 1. The number of fused-ring (bicyclic) bond motifs is 2. The Morgan fingerprint density at radius 3 is 2.63 bits per heavy atom. The summed E-state index contributed by atoms with van der Waals surface area (Å²) in [5.74, 6) is 1.44. The molecule has 2 aliphatic rings. The largest absolute Gasteiger partial charge is 0.494 e. The maximum absolute atomic E-state index is 12.4. The first-order chi connectivity index (χ1) is 12.7. The van der Waals surface area contributed by atoms with Gasteiger partial charge in [0.15, 0.2) is 5.13 Å². The highest BCUT2D eigenvalue weighted by Crippen LogP contribution is 2.33. The van der Waals surface area contributed by atoms with E-state index in [1.807, 2.05) is 36.6 Å². The molecule has 1 aromatic carbocycles. The maximum atomic E-state index is 12.4. The number of hydrogen-bond acceptors (Lipinski definition) is 5. The van der Waals surface area contributed by atoms with E-state index in [-0.39, 0.29) is 18.3 Å². The molecule has 2 aliphatic heterocycles. The molecule has 7 heteroatoms. The molecule has 0 spiro atoms. The molecule has 0 aliphatic carbocycles. The number of ether oxygens (including phenoxy) is 1. The molecule has 1 amide bonds. The minimum atomic E-state index is 0. The number of hydrogen-bond donors (Lipinski definition) is 2. The van der Waals surface area contributed by atoms with Crippen LogP contribution in [0.15, 0.2) is 29.6 Å². The molecule has 146 valence electrons. The first-order valence-electron chi connectivity index (χ1n) is 9.44. The van der Waals surface area contributed by atoms with Gasteiger partial charge in [-0.3, -0.25) is 4.79 Å². The highest BCUT2D eigenvalue weighted by molar-refractivity contribution is 7.14. The lowest BCUT2D eigenvalue weighted by Crippen LogP contribution is -2.39. The van der Waals surface area contributed by atoms with E-state index in [1.54, 1.807) is 0 Å². The Labute approximate surface area is 170 Å². The number of thiazole rings is 1. The van der Waals surface area contributed by atoms with Gasteiger partial charge in [-0.25, -0.2) is 4.98 Å². The van der Waals surface area contributed by atoms with Gasteiger partial charge in [0.2, 0.25) is 5.91 Å². The van der Waals surface area contributed by atoms with Crippen LogP contribution in [0.3, 0.4) is 0 Å². The number of rotatable bonds is 6. The Bertz CT molecular complexity index is 753. The lowest BCUT2D eigenvalue weighted by molar-refractivity contribution is -0.117. The van der Waals surface area contributed by atoms with Crippen molar-refractivity contribution < 1.29 is 9.53 Å². The van der Waals surface area contributed by atoms with Crippen molar-refractivity contribution in [3.8, 4) is 17.0 Å². The monoisotopic (exact) mass is 407 g/mol. The zero-order valence-electron chi connectivity index (χ0n) is 15.4. The molecule has 2 aromatic rings. The Morgan fingerprint density at radius 2 is 1.96 bits per heavy atom. The van der Waals surface area contributed by atoms with Crippen LogP contribution in [0.2, 0.25) is 0 Å². The number of anilines is 1. The van der Waals surface area contributed by atoms with Gasteiger partial charge < -0.3 is 15.4 Å². The van der Waals surface area contributed by atoms with Crippen molar-refractivity contribution in [2.45, 2.75) is 51.1 Å². The average Bonchev–Trinajstić information content (AvgIpc) is 3.22. The second kappa shape index (κ2) is 9.04. The van der Waals surface area contributed by atoms with Crippen LogP contribution < -0.4 is 15.4 Å². The average molecular weight is 408 g/mol. The van der Waals surface area contributed by atoms with Gasteiger partial charge in [0.25, 0.3) is 0 Å². The number of amides is 1. The van der Waals surface area contributed by atoms with Crippen LogP contribution in [0.4, 0.5) is 5.13 Å². The zero-order valence-corrected chi connectivity index (χ0v) is 17.1. The van der Waals surface area contributed by atoms with E-state index in [0.29, 0.717) is 36.2 Å². The number of piperidine rings is 1. The van der Waals surface area contributed by atoms with Crippen LogP contribution in [0.25, 0.3) is 11.3 Å². The molecule has 2 saturated heterocycles. The molecule has 2 N–H and O–H groups in total. The SMILES string of the molecule is CCOc1ccc(-c2csc(NC(=O)CC3CC4CCC(C3)N4)n2)cc1.Cl. The van der Waals surface area contributed by atoms with Crippen LogP contribution in [-0.4, -0.2) is 29.6 Å². The summed E-state index contributed by atoms with van der Waals surface area (Å²) in [5, 5.41) is 9.27. The van der Waals surface area contributed by atoms with Crippen LogP contribution in [0.5, 0.6) is 5.75 Å². The second-order valence-electron chi connectivity index (χ2n) is 7.22. The standard InChI is InChI=1S/C20H25N3O2S.ClH/c1-2-25-17-7-3-14(4-8-17)18-12-26-20(22-18)23-19(24)11-13-9-15-5-6-16(10-13)21-15;/h3-4,7-8,12-13,15-16,21H,2,5-6,9-11H2,1H3,(H,22,23,24);1H. The highest BCUT2D eigenvalue weighted by Gasteiger charge is 2.34. The van der Waals surface area contributed by atoms with Gasteiger partial charge in [-0.05, 0) is 62.8 Å². The van der Waals surface area contributed by atoms with Crippen LogP contribution in [0.1, 0.15) is 39.0 Å². The zero-order chi connectivity index (χ0) is 17.9. The molecule has 0 saturated carbocycles. The lowest BCUT2D eigenvalue weighted by atomic mass is 9.89. The number of nitrogens with one attached hydrogen (secondary N) is 2. The molecule has 2 fully saturated rings. The molecule has 0 radical (unpaired) electrons. The van der Waals surface area contributed by atoms with E-state index in [1.165, 1.54) is 24.2 Å². The van der Waals surface area contributed by atoms with Crippen LogP contribution in [0, 0.1) is 5.92 Å². The summed E-state index contributed by atoms with van der Waals surface area (Å²) >= 11 is 1.48. The van der Waals surface area contributed by atoms with Crippen molar-refractivity contribution >= 4 is 34.8 Å². The molecule has 4 rings (SSSR count). The molecule has 5 nitrogen and oxygen atoms in total. The van der Waals surface area contributed by atoms with Crippen molar-refractivity contribution in [1.29, 1.82) is 0 Å². The van der Waals surface area contributed by atoms with Crippen molar-refractivity contribution in [2.75, 3.05) is 11.9 Å². The predicted octanol–water partition coefficient (Wildman–Crippen LogP) is 4.49. The smallest absolute Gasteiger partial charge is 0.226 e. The van der Waals surface area contributed by atoms with Gasteiger partial charge >= 0.3 is 0 Å². The third-order valence-corrected chi connectivity index (χ3v) is 6.01. The molecular formula is C20H26ClN3O2S. The normalized spacial score (nSPS) is 23.5. The minimum Gasteiger partial charge on any atom is -0.494 e. The number of carbonyl (C=O) groups excluding carboxylic acids is 1. The second-order valence-corrected chi connectivity index (χ2v) is 8.08. The van der Waals surface area contributed by atoms with Gasteiger partial charge in [0.05, 0.1) is 12.3 Å². The summed E-state index contributed by atoms with van der Waals surface area (Å²) < 4.78 is 5.47. The van der Waals surface area contributed by atoms with E-state index in [2.05, 4.69) is 15.6 Å². The van der Waals surface area contributed by atoms with Crippen LogP contribution in [-0.2, 0) is 4.79 Å². The van der Waals surface area contributed by atoms with Gasteiger partial charge in [-0.2, -0.15) is 0 Å². The van der Waals surface area contributed by atoms with Crippen molar-refractivity contribution in [3.63, 3.8) is 0 Å². The summed E-state index contributed by atoms with van der Waals surface area (Å²) in [7, 11) is 0. The predicted molar refractivity (Wildman–Crippen MR) is 112 cm³/mol. The quantitative estimate of drug-likeness (QED) is 0.740. The summed E-state index contributed by atoms with van der Waals surface area (Å²) in [6, 6.07) is 9.13. The molecule has 27 heavy (non-hydrogen) atoms. The molecular weight excluding hydrogens is 382 g/mol. The van der Waals surface area contributed by atoms with E-state index < -0.39 is 0 Å². The topological polar surface area (TPSA) is 63.2 Å². The fourth-order valence-electron chi connectivity index (χ4n) is 4.13. The van der Waals surface area contributed by atoms with Crippen molar-refractivity contribution in [2.24, 2.45) is 5.92 Å². The summed E-state index contributed by atoms with van der Waals surface area (Å²) in [5.41, 5.74) is 1.91. The third-order valence-electron chi connectivity index (χ3n) is 5.26. The Balaban J connectivity index is 0.00000210. The summed E-state index contributed by atoms with van der Waals surface area (Å²) in [4.78, 5) is 17.0. The summed E-state index contributed by atoms with van der Waals surface area (Å²) in [6.07, 6.45) is 5.38. The molecule has 3 heterocycles. The van der Waals surface area contributed by atoms with Gasteiger partial charge in [-0.15, -0.1) is 23.7 Å². The first kappa shape index (κ1) is 20.1. The number of nitrogens with zero attached hydrogens (tertiary/aromatic N) is 1. The highest BCUT2D eigenvalue weighted by atomic mass is 35.5. The van der Waals surface area contributed by atoms with Gasteiger partial charge in [0, 0.05) is 29.4 Å². The van der Waals surface area contributed by atoms with E-state index >= 15 is 0 Å². The first-order valence-corrected chi connectivity index (χ1v) is 10.3. The lowest BCUT2D eigenvalue weighted by Gasteiger charge is -2.28. The fourth-order valence-corrected chi connectivity index (χ4v) is 4.86. The minimum absolute atomic E-state index is 0. The number of halogens is 1. The van der Waals surface area contributed by atoms with Gasteiger partial charge in [0.1, 0.15) is 5.75 Å². The molecule has 1 aromatic heterocycles. The van der Waals surface area contributed by atoms with Crippen LogP contribution >= 0.6 is 23.7 Å². The Hall–Kier alpha value is -1.63. The fraction of sp³-hybridized carbons (Fsp3) is 0.500. The number of benzene rings is 1. The van der Waals surface area contributed by atoms with E-state index in [4.69, 9.17) is 4.74 Å². The molecule has 2 bridgehead atoms.